The van der Waals surface area contributed by atoms with E-state index in [0.29, 0.717) is 21.6 Å². The van der Waals surface area contributed by atoms with Crippen molar-refractivity contribution < 1.29 is 4.74 Å². The number of aromatic nitrogens is 7. The van der Waals surface area contributed by atoms with Crippen LogP contribution in [0.3, 0.4) is 0 Å². The number of ether oxygens (including phenoxy) is 1. The maximum atomic E-state index is 6.78. The van der Waals surface area contributed by atoms with Gasteiger partial charge in [0.05, 0.1) is 6.04 Å². The number of hydrogen-bond donors (Lipinski definition) is 0. The van der Waals surface area contributed by atoms with Crippen molar-refractivity contribution in [1.29, 1.82) is 0 Å². The number of likely N-dealkylation sites (tertiary alicyclic amines) is 1. The zero-order valence-corrected chi connectivity index (χ0v) is 23.3. The smallest absolute Gasteiger partial charge is 0.215 e. The largest absolute Gasteiger partial charge is 0.466 e. The highest BCUT2D eigenvalue weighted by Crippen LogP contribution is 2.43. The van der Waals surface area contributed by atoms with Crippen LogP contribution in [0.1, 0.15) is 69.7 Å². The van der Waals surface area contributed by atoms with Gasteiger partial charge in [-0.15, -0.1) is 5.10 Å². The van der Waals surface area contributed by atoms with Gasteiger partial charge in [-0.05, 0) is 77.7 Å². The molecule has 0 radical (unpaired) electrons. The number of tetrazole rings is 1. The van der Waals surface area contributed by atoms with E-state index in [9.17, 15) is 0 Å². The van der Waals surface area contributed by atoms with E-state index in [-0.39, 0.29) is 17.5 Å². The lowest BCUT2D eigenvalue weighted by Gasteiger charge is -2.39. The number of halogens is 2. The summed E-state index contributed by atoms with van der Waals surface area (Å²) in [6.45, 7) is 8.31. The summed E-state index contributed by atoms with van der Waals surface area (Å²) in [5.74, 6) is 1.36. The summed E-state index contributed by atoms with van der Waals surface area (Å²) >= 11 is 12.9. The van der Waals surface area contributed by atoms with E-state index in [1.54, 1.807) is 23.1 Å². The molecular weight excluding hydrogens is 523 g/mol. The van der Waals surface area contributed by atoms with Gasteiger partial charge in [-0.25, -0.2) is 14.3 Å². The van der Waals surface area contributed by atoms with Crippen molar-refractivity contribution in [1.82, 2.24) is 39.9 Å². The molecule has 0 spiro atoms. The van der Waals surface area contributed by atoms with E-state index in [2.05, 4.69) is 57.3 Å². The van der Waals surface area contributed by atoms with Gasteiger partial charge in [-0.3, -0.25) is 4.90 Å². The molecule has 1 aliphatic heterocycles. The molecular formula is C27H32Cl2N8O. The summed E-state index contributed by atoms with van der Waals surface area (Å²) in [7, 11) is 0. The second kappa shape index (κ2) is 11.4. The topological polar surface area (TPSA) is 86.8 Å². The molecule has 0 amide bonds. The van der Waals surface area contributed by atoms with Gasteiger partial charge in [0, 0.05) is 10.0 Å². The summed E-state index contributed by atoms with van der Waals surface area (Å²) in [5, 5.41) is 19.1. The summed E-state index contributed by atoms with van der Waals surface area (Å²) in [5.41, 5.74) is 0.635. The Morgan fingerprint density at radius 2 is 1.68 bits per heavy atom. The third-order valence-electron chi connectivity index (χ3n) is 6.91. The van der Waals surface area contributed by atoms with Crippen LogP contribution in [-0.4, -0.2) is 53.0 Å². The third-order valence-corrected chi connectivity index (χ3v) is 7.50. The number of piperidine rings is 1. The predicted molar refractivity (Wildman–Crippen MR) is 146 cm³/mol. The molecule has 0 saturated carbocycles. The highest BCUT2D eigenvalue weighted by atomic mass is 35.5. The van der Waals surface area contributed by atoms with E-state index in [0.717, 1.165) is 31.5 Å². The highest BCUT2D eigenvalue weighted by Gasteiger charge is 2.42. The summed E-state index contributed by atoms with van der Waals surface area (Å²) in [6, 6.07) is 14.6. The SMILES string of the molecule is CC(C)(C)[C@H]([C@@H](Oc1ccc(Cl)cc1)n1cncn1)n1nnnc1[C@H](c1ccccc1Cl)N1CCCCC1. The van der Waals surface area contributed by atoms with Crippen molar-refractivity contribution in [2.75, 3.05) is 13.1 Å². The van der Waals surface area contributed by atoms with Crippen LogP contribution in [0.5, 0.6) is 5.75 Å². The second-order valence-electron chi connectivity index (χ2n) is 10.7. The highest BCUT2D eigenvalue weighted by molar-refractivity contribution is 6.31. The molecule has 9 nitrogen and oxygen atoms in total. The molecule has 2 aromatic carbocycles. The minimum Gasteiger partial charge on any atom is -0.466 e. The van der Waals surface area contributed by atoms with Crippen LogP contribution in [0.2, 0.25) is 10.0 Å². The van der Waals surface area contributed by atoms with Gasteiger partial charge in [-0.1, -0.05) is 68.6 Å². The Morgan fingerprint density at radius 1 is 0.947 bits per heavy atom. The molecule has 0 N–H and O–H groups in total. The zero-order chi connectivity index (χ0) is 26.7. The van der Waals surface area contributed by atoms with Crippen LogP contribution < -0.4 is 4.74 Å². The summed E-state index contributed by atoms with van der Waals surface area (Å²) in [4.78, 5) is 6.63. The lowest BCUT2D eigenvalue weighted by Crippen LogP contribution is -2.41. The molecule has 11 heteroatoms. The van der Waals surface area contributed by atoms with Crippen molar-refractivity contribution in [3.05, 3.63) is 82.6 Å². The molecule has 0 bridgehead atoms. The third kappa shape index (κ3) is 5.70. The minimum atomic E-state index is -0.603. The molecule has 200 valence electrons. The molecule has 1 aliphatic rings. The first kappa shape index (κ1) is 26.6. The van der Waals surface area contributed by atoms with Gasteiger partial charge in [0.2, 0.25) is 6.23 Å². The van der Waals surface area contributed by atoms with E-state index >= 15 is 0 Å². The van der Waals surface area contributed by atoms with E-state index in [1.807, 2.05) is 35.0 Å². The van der Waals surface area contributed by atoms with Crippen LogP contribution in [0.4, 0.5) is 0 Å². The van der Waals surface area contributed by atoms with Gasteiger partial charge < -0.3 is 4.74 Å². The maximum Gasteiger partial charge on any atom is 0.215 e. The maximum absolute atomic E-state index is 6.78. The molecule has 3 atom stereocenters. The lowest BCUT2D eigenvalue weighted by atomic mass is 9.85. The molecule has 5 rings (SSSR count). The number of hydrogen-bond acceptors (Lipinski definition) is 7. The van der Waals surface area contributed by atoms with Crippen molar-refractivity contribution in [2.24, 2.45) is 5.41 Å². The molecule has 3 heterocycles. The molecule has 0 aliphatic carbocycles. The second-order valence-corrected chi connectivity index (χ2v) is 11.5. The van der Waals surface area contributed by atoms with E-state index in [1.165, 1.54) is 12.7 Å². The monoisotopic (exact) mass is 554 g/mol. The van der Waals surface area contributed by atoms with Gasteiger partial charge in [0.15, 0.2) is 5.82 Å². The fourth-order valence-electron chi connectivity index (χ4n) is 5.13. The van der Waals surface area contributed by atoms with E-state index < -0.39 is 6.23 Å². The van der Waals surface area contributed by atoms with Crippen LogP contribution in [0, 0.1) is 5.41 Å². The number of benzene rings is 2. The molecule has 1 saturated heterocycles. The van der Waals surface area contributed by atoms with Crippen LogP contribution in [-0.2, 0) is 0 Å². The van der Waals surface area contributed by atoms with Crippen molar-refractivity contribution in [3.8, 4) is 5.75 Å². The first-order valence-electron chi connectivity index (χ1n) is 12.9. The summed E-state index contributed by atoms with van der Waals surface area (Å²) in [6.07, 6.45) is 6.00. The van der Waals surface area contributed by atoms with Crippen molar-refractivity contribution in [3.63, 3.8) is 0 Å². The Bertz CT molecular complexity index is 1310. The first-order valence-corrected chi connectivity index (χ1v) is 13.6. The Morgan fingerprint density at radius 3 is 2.34 bits per heavy atom. The van der Waals surface area contributed by atoms with Crippen LogP contribution >= 0.6 is 23.2 Å². The number of rotatable bonds is 8. The van der Waals surface area contributed by atoms with Crippen LogP contribution in [0.25, 0.3) is 0 Å². The average Bonchev–Trinajstić information content (AvgIpc) is 3.59. The lowest BCUT2D eigenvalue weighted by molar-refractivity contribution is -0.00232. The molecule has 2 aromatic heterocycles. The van der Waals surface area contributed by atoms with Crippen molar-refractivity contribution >= 4 is 23.2 Å². The molecule has 4 aromatic rings. The fourth-order valence-corrected chi connectivity index (χ4v) is 5.50. The Kier molecular flexibility index (Phi) is 7.97. The zero-order valence-electron chi connectivity index (χ0n) is 21.8. The molecule has 0 unspecified atom stereocenters. The quantitative estimate of drug-likeness (QED) is 0.263. The van der Waals surface area contributed by atoms with Gasteiger partial charge in [0.1, 0.15) is 24.4 Å². The standard InChI is InChI=1S/C27H32Cl2N8O/c1-27(2,3)24(26(36-18-30-17-31-36)38-20-13-11-19(28)12-14-20)37-25(32-33-34-37)23(35-15-7-4-8-16-35)21-9-5-6-10-22(21)29/h5-6,9-14,17-18,23-24,26H,4,7-8,15-16H2,1-3H3/t23-,24-,26+/m0/s1. The Hall–Kier alpha value is -3.01. The summed E-state index contributed by atoms with van der Waals surface area (Å²) < 4.78 is 10.2. The molecule has 1 fully saturated rings. The van der Waals surface area contributed by atoms with Gasteiger partial charge in [-0.2, -0.15) is 5.10 Å². The Balaban J connectivity index is 1.63. The van der Waals surface area contributed by atoms with Crippen LogP contribution in [0.15, 0.2) is 61.2 Å². The Labute approximate surface area is 232 Å². The molecule has 38 heavy (non-hydrogen) atoms. The number of nitrogens with zero attached hydrogens (tertiary/aromatic N) is 8. The minimum absolute atomic E-state index is 0.212. The normalized spacial score (nSPS) is 17.2. The fraction of sp³-hybridized carbons (Fsp3) is 0.444. The average molecular weight is 556 g/mol. The van der Waals surface area contributed by atoms with E-state index in [4.69, 9.17) is 27.9 Å². The van der Waals surface area contributed by atoms with Gasteiger partial charge in [0.25, 0.3) is 0 Å². The van der Waals surface area contributed by atoms with Gasteiger partial charge >= 0.3 is 0 Å². The first-order chi connectivity index (χ1) is 18.3. The van der Waals surface area contributed by atoms with Crippen molar-refractivity contribution in [2.45, 2.75) is 58.3 Å². The predicted octanol–water partition coefficient (Wildman–Crippen LogP) is 6.01.